The molecule has 1 amide bonds. The molecule has 0 fully saturated rings. The van der Waals surface area contributed by atoms with Gasteiger partial charge < -0.3 is 10.0 Å². The molecular weight excluding hydrogens is 430 g/mol. The zero-order valence-electron chi connectivity index (χ0n) is 22.4. The summed E-state index contributed by atoms with van der Waals surface area (Å²) >= 11 is 0. The third kappa shape index (κ3) is 12.3. The summed E-state index contributed by atoms with van der Waals surface area (Å²) in [7, 11) is 1.77. The number of rotatable bonds is 19. The van der Waals surface area contributed by atoms with Crippen molar-refractivity contribution in [2.45, 2.75) is 116 Å². The number of carbonyl (C=O) groups excluding carboxylic acids is 1. The first kappa shape index (κ1) is 28.9. The molecule has 0 aromatic heterocycles. The first-order chi connectivity index (χ1) is 17.1. The van der Waals surface area contributed by atoms with Crippen molar-refractivity contribution in [2.75, 3.05) is 11.9 Å². The highest BCUT2D eigenvalue weighted by atomic mass is 16.3. The van der Waals surface area contributed by atoms with E-state index in [0.29, 0.717) is 5.56 Å². The van der Waals surface area contributed by atoms with Gasteiger partial charge in [-0.05, 0) is 48.7 Å². The Balaban J connectivity index is 1.47. The third-order valence-corrected chi connectivity index (χ3v) is 7.04. The van der Waals surface area contributed by atoms with E-state index in [1.165, 1.54) is 114 Å². The molecule has 0 saturated heterocycles. The van der Waals surface area contributed by atoms with Crippen molar-refractivity contribution >= 4 is 11.6 Å². The first-order valence-corrected chi connectivity index (χ1v) is 14.3. The van der Waals surface area contributed by atoms with Gasteiger partial charge in [-0.15, -0.1) is 0 Å². The Kier molecular flexibility index (Phi) is 14.9. The van der Waals surface area contributed by atoms with Crippen LogP contribution in [0, 0.1) is 0 Å². The normalized spacial score (nSPS) is 11.0. The van der Waals surface area contributed by atoms with Crippen molar-refractivity contribution in [1.82, 2.24) is 0 Å². The molecule has 0 heterocycles. The molecule has 0 aliphatic rings. The number of carbonyl (C=O) groups is 1. The number of phenols is 1. The summed E-state index contributed by atoms with van der Waals surface area (Å²) in [6.07, 6.45) is 23.4. The summed E-state index contributed by atoms with van der Waals surface area (Å²) in [6, 6.07) is 14.8. The Bertz CT molecular complexity index is 815. The molecule has 194 valence electrons. The summed E-state index contributed by atoms with van der Waals surface area (Å²) < 4.78 is 0. The van der Waals surface area contributed by atoms with Crippen LogP contribution in [-0.2, 0) is 6.42 Å². The number of aryl methyl sites for hydroxylation is 1. The lowest BCUT2D eigenvalue weighted by molar-refractivity contribution is 0.0992. The van der Waals surface area contributed by atoms with Crippen LogP contribution in [0.25, 0.3) is 0 Å². The van der Waals surface area contributed by atoms with Crippen LogP contribution in [0.1, 0.15) is 126 Å². The van der Waals surface area contributed by atoms with Crippen LogP contribution in [0.5, 0.6) is 5.75 Å². The van der Waals surface area contributed by atoms with Gasteiger partial charge in [0.05, 0.1) is 0 Å². The largest absolute Gasteiger partial charge is 0.508 e. The molecule has 0 spiro atoms. The second-order valence-corrected chi connectivity index (χ2v) is 10.1. The lowest BCUT2D eigenvalue weighted by atomic mass is 10.0. The molecule has 0 aliphatic carbocycles. The molecule has 2 rings (SSSR count). The van der Waals surface area contributed by atoms with E-state index >= 15 is 0 Å². The number of aromatic hydroxyl groups is 1. The van der Waals surface area contributed by atoms with E-state index in [2.05, 4.69) is 19.1 Å². The Hall–Kier alpha value is -2.29. The smallest absolute Gasteiger partial charge is 0.258 e. The van der Waals surface area contributed by atoms with Crippen molar-refractivity contribution in [3.05, 3.63) is 59.7 Å². The van der Waals surface area contributed by atoms with Crippen LogP contribution in [0.2, 0.25) is 0 Å². The number of anilines is 1. The SMILES string of the molecule is CCCCCCCCCCCCCCCCCCc1ccc(N(C)C(=O)c2cccc(O)c2)cc1. The quantitative estimate of drug-likeness (QED) is 0.204. The topological polar surface area (TPSA) is 40.5 Å². The highest BCUT2D eigenvalue weighted by Gasteiger charge is 2.13. The van der Waals surface area contributed by atoms with E-state index in [9.17, 15) is 9.90 Å². The van der Waals surface area contributed by atoms with Gasteiger partial charge in [0.2, 0.25) is 0 Å². The van der Waals surface area contributed by atoms with Crippen molar-refractivity contribution in [3.8, 4) is 5.75 Å². The minimum Gasteiger partial charge on any atom is -0.508 e. The molecule has 35 heavy (non-hydrogen) atoms. The number of unbranched alkanes of at least 4 members (excludes halogenated alkanes) is 15. The maximum Gasteiger partial charge on any atom is 0.258 e. The van der Waals surface area contributed by atoms with E-state index in [-0.39, 0.29) is 11.7 Å². The number of hydrogen-bond donors (Lipinski definition) is 1. The standard InChI is InChI=1S/C32H49NO2/c1-3-4-5-6-7-8-9-10-11-12-13-14-15-16-17-18-20-28-23-25-30(26-24-28)33(2)32(35)29-21-19-22-31(34)27-29/h19,21-27,34H,3-18,20H2,1-2H3. The van der Waals surface area contributed by atoms with Crippen LogP contribution in [-0.4, -0.2) is 18.1 Å². The zero-order chi connectivity index (χ0) is 25.1. The number of phenolic OH excluding ortho intramolecular Hbond substituents is 1. The monoisotopic (exact) mass is 479 g/mol. The van der Waals surface area contributed by atoms with E-state index in [0.717, 1.165) is 12.1 Å². The molecule has 0 atom stereocenters. The molecule has 0 bridgehead atoms. The van der Waals surface area contributed by atoms with Crippen LogP contribution in [0.15, 0.2) is 48.5 Å². The van der Waals surface area contributed by atoms with Gasteiger partial charge in [0, 0.05) is 18.3 Å². The lowest BCUT2D eigenvalue weighted by Crippen LogP contribution is -2.26. The molecule has 0 unspecified atom stereocenters. The van der Waals surface area contributed by atoms with Gasteiger partial charge in [0.1, 0.15) is 5.75 Å². The van der Waals surface area contributed by atoms with Crippen LogP contribution < -0.4 is 4.90 Å². The average molecular weight is 480 g/mol. The third-order valence-electron chi connectivity index (χ3n) is 7.04. The maximum atomic E-state index is 12.6. The van der Waals surface area contributed by atoms with Crippen molar-refractivity contribution < 1.29 is 9.90 Å². The molecule has 0 radical (unpaired) electrons. The Morgan fingerprint density at radius 2 is 1.17 bits per heavy atom. The minimum atomic E-state index is -0.119. The highest BCUT2D eigenvalue weighted by molar-refractivity contribution is 6.05. The summed E-state index contributed by atoms with van der Waals surface area (Å²) in [5.74, 6) is -0.00939. The number of benzene rings is 2. The Morgan fingerprint density at radius 1 is 0.686 bits per heavy atom. The molecule has 2 aromatic rings. The molecule has 1 N–H and O–H groups in total. The first-order valence-electron chi connectivity index (χ1n) is 14.3. The number of nitrogens with zero attached hydrogens (tertiary/aromatic N) is 1. The fourth-order valence-electron chi connectivity index (χ4n) is 4.71. The Labute approximate surface area is 215 Å². The fourth-order valence-corrected chi connectivity index (χ4v) is 4.71. The molecule has 0 aliphatic heterocycles. The van der Waals surface area contributed by atoms with Gasteiger partial charge in [-0.3, -0.25) is 4.79 Å². The van der Waals surface area contributed by atoms with Crippen LogP contribution in [0.3, 0.4) is 0 Å². The average Bonchev–Trinajstić information content (AvgIpc) is 2.88. The van der Waals surface area contributed by atoms with Crippen molar-refractivity contribution in [3.63, 3.8) is 0 Å². The second-order valence-electron chi connectivity index (χ2n) is 10.1. The lowest BCUT2D eigenvalue weighted by Gasteiger charge is -2.18. The number of amides is 1. The van der Waals surface area contributed by atoms with Gasteiger partial charge in [0.15, 0.2) is 0 Å². The van der Waals surface area contributed by atoms with Gasteiger partial charge in [-0.2, -0.15) is 0 Å². The van der Waals surface area contributed by atoms with E-state index in [1.807, 2.05) is 12.1 Å². The molecule has 0 saturated carbocycles. The predicted octanol–water partition coefficient (Wildman–Crippen LogP) is 9.47. The molecule has 3 heteroatoms. The second kappa shape index (κ2) is 18.0. The maximum absolute atomic E-state index is 12.6. The molecule has 3 nitrogen and oxygen atoms in total. The number of hydrogen-bond acceptors (Lipinski definition) is 2. The van der Waals surface area contributed by atoms with Gasteiger partial charge in [0.25, 0.3) is 5.91 Å². The van der Waals surface area contributed by atoms with Crippen LogP contribution in [0.4, 0.5) is 5.69 Å². The summed E-state index contributed by atoms with van der Waals surface area (Å²) in [4.78, 5) is 14.3. The zero-order valence-corrected chi connectivity index (χ0v) is 22.4. The summed E-state index contributed by atoms with van der Waals surface area (Å²) in [5.41, 5.74) is 2.69. The predicted molar refractivity (Wildman–Crippen MR) is 151 cm³/mol. The van der Waals surface area contributed by atoms with E-state index in [1.54, 1.807) is 30.1 Å². The fraction of sp³-hybridized carbons (Fsp3) is 0.594. The minimum absolute atomic E-state index is 0.110. The van der Waals surface area contributed by atoms with Crippen molar-refractivity contribution in [2.24, 2.45) is 0 Å². The summed E-state index contributed by atoms with van der Waals surface area (Å²) in [5, 5.41) is 9.62. The van der Waals surface area contributed by atoms with E-state index < -0.39 is 0 Å². The van der Waals surface area contributed by atoms with Gasteiger partial charge in [-0.1, -0.05) is 121 Å². The van der Waals surface area contributed by atoms with E-state index in [4.69, 9.17) is 0 Å². The molecule has 2 aromatic carbocycles. The molecular formula is C32H49NO2. The van der Waals surface area contributed by atoms with Gasteiger partial charge in [-0.25, -0.2) is 0 Å². The highest BCUT2D eigenvalue weighted by Crippen LogP contribution is 2.20. The van der Waals surface area contributed by atoms with Gasteiger partial charge >= 0.3 is 0 Å². The van der Waals surface area contributed by atoms with Crippen LogP contribution >= 0.6 is 0 Å². The van der Waals surface area contributed by atoms with Crippen molar-refractivity contribution in [1.29, 1.82) is 0 Å². The Morgan fingerprint density at radius 3 is 1.66 bits per heavy atom. The summed E-state index contributed by atoms with van der Waals surface area (Å²) in [6.45, 7) is 2.29.